The van der Waals surface area contributed by atoms with Crippen molar-refractivity contribution < 1.29 is 4.79 Å². The van der Waals surface area contributed by atoms with Gasteiger partial charge in [-0.2, -0.15) is 0 Å². The molecule has 1 aromatic carbocycles. The second-order valence-electron chi connectivity index (χ2n) is 4.62. The van der Waals surface area contributed by atoms with Gasteiger partial charge in [-0.25, -0.2) is 0 Å². The van der Waals surface area contributed by atoms with Gasteiger partial charge in [0.2, 0.25) is 0 Å². The van der Waals surface area contributed by atoms with Crippen LogP contribution in [0, 0.1) is 0 Å². The minimum Gasteiger partial charge on any atom is -0.310 e. The van der Waals surface area contributed by atoms with Gasteiger partial charge in [-0.15, -0.1) is 12.4 Å². The molecule has 2 nitrogen and oxygen atoms in total. The highest BCUT2D eigenvalue weighted by Crippen LogP contribution is 2.21. The van der Waals surface area contributed by atoms with Crippen molar-refractivity contribution in [3.8, 4) is 0 Å². The zero-order valence-corrected chi connectivity index (χ0v) is 10.3. The second kappa shape index (κ2) is 5.46. The molecule has 1 unspecified atom stereocenters. The molecule has 2 rings (SSSR count). The van der Waals surface area contributed by atoms with Crippen LogP contribution in [0.15, 0.2) is 30.3 Å². The van der Waals surface area contributed by atoms with Gasteiger partial charge in [-0.05, 0) is 18.9 Å². The van der Waals surface area contributed by atoms with E-state index in [1.54, 1.807) is 0 Å². The van der Waals surface area contributed by atoms with Crippen LogP contribution in [-0.4, -0.2) is 17.9 Å². The number of nitrogens with one attached hydrogen (secondary N) is 1. The second-order valence-corrected chi connectivity index (χ2v) is 4.62. The highest BCUT2D eigenvalue weighted by Gasteiger charge is 2.30. The SMILES string of the molecule is CC1(Cc2ccccc2)CC(=O)CCN1.Cl. The standard InChI is InChI=1S/C13H17NO.ClH/c1-13(10-12(15)7-8-14-13)9-11-5-3-2-4-6-11;/h2-6,14H,7-10H2,1H3;1H. The Kier molecular flexibility index (Phi) is 4.51. The van der Waals surface area contributed by atoms with Gasteiger partial charge in [0.05, 0.1) is 0 Å². The Labute approximate surface area is 103 Å². The molecule has 0 aliphatic carbocycles. The predicted octanol–water partition coefficient (Wildman–Crippen LogP) is 2.36. The van der Waals surface area contributed by atoms with Gasteiger partial charge in [0.15, 0.2) is 0 Å². The summed E-state index contributed by atoms with van der Waals surface area (Å²) in [5.74, 6) is 0.382. The maximum Gasteiger partial charge on any atom is 0.136 e. The molecule has 0 amide bonds. The van der Waals surface area contributed by atoms with E-state index < -0.39 is 0 Å². The molecule has 1 atom stereocenters. The Morgan fingerprint density at radius 3 is 2.62 bits per heavy atom. The lowest BCUT2D eigenvalue weighted by atomic mass is 9.84. The fourth-order valence-corrected chi connectivity index (χ4v) is 2.26. The van der Waals surface area contributed by atoms with Crippen LogP contribution in [0.3, 0.4) is 0 Å². The number of carbonyl (C=O) groups is 1. The first kappa shape index (κ1) is 13.2. The highest BCUT2D eigenvalue weighted by atomic mass is 35.5. The summed E-state index contributed by atoms with van der Waals surface area (Å²) in [6, 6.07) is 10.3. The quantitative estimate of drug-likeness (QED) is 0.859. The lowest BCUT2D eigenvalue weighted by Gasteiger charge is -2.34. The van der Waals surface area contributed by atoms with Crippen LogP contribution in [0.5, 0.6) is 0 Å². The van der Waals surface area contributed by atoms with Crippen LogP contribution in [0.2, 0.25) is 0 Å². The highest BCUT2D eigenvalue weighted by molar-refractivity contribution is 5.85. The Balaban J connectivity index is 0.00000128. The van der Waals surface area contributed by atoms with Gasteiger partial charge >= 0.3 is 0 Å². The number of piperidine rings is 1. The van der Waals surface area contributed by atoms with Crippen molar-refractivity contribution in [1.29, 1.82) is 0 Å². The third-order valence-electron chi connectivity index (χ3n) is 2.98. The zero-order chi connectivity index (χ0) is 10.7. The number of Topliss-reactive ketones (excluding diaryl/α,β-unsaturated/α-hetero) is 1. The number of halogens is 1. The fourth-order valence-electron chi connectivity index (χ4n) is 2.26. The summed E-state index contributed by atoms with van der Waals surface area (Å²) in [4.78, 5) is 11.4. The van der Waals surface area contributed by atoms with Crippen molar-refractivity contribution in [2.24, 2.45) is 0 Å². The van der Waals surface area contributed by atoms with Gasteiger partial charge in [-0.3, -0.25) is 4.79 Å². The normalized spacial score (nSPS) is 24.9. The van der Waals surface area contributed by atoms with Crippen LogP contribution in [-0.2, 0) is 11.2 Å². The Morgan fingerprint density at radius 2 is 2.00 bits per heavy atom. The van der Waals surface area contributed by atoms with Crippen molar-refractivity contribution in [3.05, 3.63) is 35.9 Å². The van der Waals surface area contributed by atoms with E-state index in [4.69, 9.17) is 0 Å². The van der Waals surface area contributed by atoms with E-state index in [0.717, 1.165) is 13.0 Å². The van der Waals surface area contributed by atoms with Gasteiger partial charge in [0.1, 0.15) is 5.78 Å². The van der Waals surface area contributed by atoms with Crippen molar-refractivity contribution in [1.82, 2.24) is 5.32 Å². The molecule has 1 aromatic rings. The van der Waals surface area contributed by atoms with E-state index in [1.807, 2.05) is 18.2 Å². The first-order valence-electron chi connectivity index (χ1n) is 5.49. The summed E-state index contributed by atoms with van der Waals surface area (Å²) in [6.07, 6.45) is 2.27. The molecule has 1 heterocycles. The van der Waals surface area contributed by atoms with E-state index in [9.17, 15) is 4.79 Å². The number of hydrogen-bond acceptors (Lipinski definition) is 2. The predicted molar refractivity (Wildman–Crippen MR) is 68.0 cm³/mol. The molecule has 1 N–H and O–H groups in total. The Morgan fingerprint density at radius 1 is 1.31 bits per heavy atom. The third-order valence-corrected chi connectivity index (χ3v) is 2.98. The first-order chi connectivity index (χ1) is 7.18. The van der Waals surface area contributed by atoms with Gasteiger partial charge < -0.3 is 5.32 Å². The van der Waals surface area contributed by atoms with Crippen LogP contribution in [0.4, 0.5) is 0 Å². The molecule has 0 bridgehead atoms. The van der Waals surface area contributed by atoms with Crippen molar-refractivity contribution >= 4 is 18.2 Å². The number of hydrogen-bond donors (Lipinski definition) is 1. The molecular weight excluding hydrogens is 222 g/mol. The largest absolute Gasteiger partial charge is 0.310 e. The van der Waals surface area contributed by atoms with E-state index >= 15 is 0 Å². The fraction of sp³-hybridized carbons (Fsp3) is 0.462. The zero-order valence-electron chi connectivity index (χ0n) is 9.53. The molecular formula is C13H18ClNO. The summed E-state index contributed by atoms with van der Waals surface area (Å²) in [7, 11) is 0. The average Bonchev–Trinajstić information content (AvgIpc) is 2.18. The molecule has 1 saturated heterocycles. The van der Waals surface area contributed by atoms with Crippen LogP contribution < -0.4 is 5.32 Å². The topological polar surface area (TPSA) is 29.1 Å². The molecule has 16 heavy (non-hydrogen) atoms. The molecule has 1 aliphatic rings. The molecule has 0 spiro atoms. The van der Waals surface area contributed by atoms with Crippen molar-refractivity contribution in [2.45, 2.75) is 31.7 Å². The molecule has 1 fully saturated rings. The molecule has 1 aliphatic heterocycles. The molecule has 0 saturated carbocycles. The van der Waals surface area contributed by atoms with Crippen molar-refractivity contribution in [3.63, 3.8) is 0 Å². The summed E-state index contributed by atoms with van der Waals surface area (Å²) >= 11 is 0. The van der Waals surface area contributed by atoms with E-state index in [2.05, 4.69) is 24.4 Å². The van der Waals surface area contributed by atoms with Crippen LogP contribution in [0.25, 0.3) is 0 Å². The first-order valence-corrected chi connectivity index (χ1v) is 5.49. The monoisotopic (exact) mass is 239 g/mol. The van der Waals surface area contributed by atoms with Crippen LogP contribution >= 0.6 is 12.4 Å². The maximum absolute atomic E-state index is 11.4. The summed E-state index contributed by atoms with van der Waals surface area (Å²) in [6.45, 7) is 2.96. The molecule has 0 radical (unpaired) electrons. The van der Waals surface area contributed by atoms with E-state index in [0.29, 0.717) is 18.6 Å². The number of rotatable bonds is 2. The summed E-state index contributed by atoms with van der Waals surface area (Å²) in [5, 5.41) is 3.45. The average molecular weight is 240 g/mol. The molecule has 3 heteroatoms. The Bertz CT molecular complexity index is 352. The maximum atomic E-state index is 11.4. The smallest absolute Gasteiger partial charge is 0.136 e. The van der Waals surface area contributed by atoms with Crippen LogP contribution in [0.1, 0.15) is 25.3 Å². The number of benzene rings is 1. The van der Waals surface area contributed by atoms with Gasteiger partial charge in [0.25, 0.3) is 0 Å². The molecule has 0 aromatic heterocycles. The number of ketones is 1. The van der Waals surface area contributed by atoms with E-state index in [1.165, 1.54) is 5.56 Å². The molecule has 88 valence electrons. The minimum atomic E-state index is -0.0450. The summed E-state index contributed by atoms with van der Waals surface area (Å²) in [5.41, 5.74) is 1.25. The Hall–Kier alpha value is -0.860. The van der Waals surface area contributed by atoms with E-state index in [-0.39, 0.29) is 17.9 Å². The van der Waals surface area contributed by atoms with Gasteiger partial charge in [0, 0.05) is 24.9 Å². The van der Waals surface area contributed by atoms with Gasteiger partial charge in [-0.1, -0.05) is 30.3 Å². The third kappa shape index (κ3) is 3.32. The number of carbonyl (C=O) groups excluding carboxylic acids is 1. The minimum absolute atomic E-state index is 0. The summed E-state index contributed by atoms with van der Waals surface area (Å²) < 4.78 is 0. The van der Waals surface area contributed by atoms with Crippen molar-refractivity contribution in [2.75, 3.05) is 6.54 Å². The lowest BCUT2D eigenvalue weighted by molar-refractivity contribution is -0.121. The lowest BCUT2D eigenvalue weighted by Crippen LogP contribution is -2.50.